The maximum Gasteiger partial charge on any atom is 0.220 e. The fraction of sp³-hybridized carbons (Fsp3) is 0.500. The zero-order valence-corrected chi connectivity index (χ0v) is 16.6. The van der Waals surface area contributed by atoms with Crippen LogP contribution in [0.3, 0.4) is 0 Å². The van der Waals surface area contributed by atoms with E-state index in [1.165, 1.54) is 25.0 Å². The van der Waals surface area contributed by atoms with Crippen molar-refractivity contribution in [1.29, 1.82) is 0 Å². The summed E-state index contributed by atoms with van der Waals surface area (Å²) in [5, 5.41) is 6.35. The quantitative estimate of drug-likeness (QED) is 0.713. The molecule has 2 fully saturated rings. The molecule has 1 aromatic heterocycles. The first-order chi connectivity index (χ1) is 14.2. The second-order valence-corrected chi connectivity index (χ2v) is 8.08. The molecule has 1 aliphatic carbocycles. The Morgan fingerprint density at radius 1 is 1.17 bits per heavy atom. The molecule has 2 aromatic rings. The van der Waals surface area contributed by atoms with E-state index in [-0.39, 0.29) is 11.7 Å². The number of piperidine rings is 1. The molecule has 29 heavy (non-hydrogen) atoms. The van der Waals surface area contributed by atoms with Crippen molar-refractivity contribution in [2.45, 2.75) is 51.1 Å². The number of carbonyl (C=O) groups excluding carboxylic acids is 1. The summed E-state index contributed by atoms with van der Waals surface area (Å²) in [6.45, 7) is 2.35. The lowest BCUT2D eigenvalue weighted by Crippen LogP contribution is -2.36. The van der Waals surface area contributed by atoms with Crippen LogP contribution in [0, 0.1) is 11.7 Å². The molecule has 2 aliphatic rings. The number of nitrogens with one attached hydrogen (secondary N) is 2. The number of rotatable bonds is 8. The highest BCUT2D eigenvalue weighted by atomic mass is 19.1. The predicted octanol–water partition coefficient (Wildman–Crippen LogP) is 3.50. The van der Waals surface area contributed by atoms with Crippen LogP contribution >= 0.6 is 0 Å². The summed E-state index contributed by atoms with van der Waals surface area (Å²) in [6.07, 6.45) is 7.69. The summed E-state index contributed by atoms with van der Waals surface area (Å²) in [5.41, 5.74) is 0.906. The van der Waals surface area contributed by atoms with Crippen molar-refractivity contribution < 1.29 is 9.18 Å². The molecule has 2 heterocycles. The van der Waals surface area contributed by atoms with Gasteiger partial charge in [-0.25, -0.2) is 14.4 Å². The Hall–Kier alpha value is -2.70. The number of carbonyl (C=O) groups is 1. The molecule has 4 rings (SSSR count). The number of hydrogen-bond donors (Lipinski definition) is 2. The predicted molar refractivity (Wildman–Crippen MR) is 111 cm³/mol. The number of anilines is 2. The van der Waals surface area contributed by atoms with Crippen LogP contribution in [0.1, 0.15) is 44.1 Å². The van der Waals surface area contributed by atoms with Gasteiger partial charge >= 0.3 is 0 Å². The lowest BCUT2D eigenvalue weighted by atomic mass is 9.93. The molecule has 154 valence electrons. The van der Waals surface area contributed by atoms with Gasteiger partial charge in [0, 0.05) is 38.2 Å². The van der Waals surface area contributed by atoms with Gasteiger partial charge in [0.1, 0.15) is 23.8 Å². The van der Waals surface area contributed by atoms with Gasteiger partial charge in [-0.3, -0.25) is 4.79 Å². The monoisotopic (exact) mass is 397 g/mol. The van der Waals surface area contributed by atoms with E-state index >= 15 is 0 Å². The second-order valence-electron chi connectivity index (χ2n) is 8.08. The minimum atomic E-state index is -0.263. The van der Waals surface area contributed by atoms with Crippen LogP contribution in [0.15, 0.2) is 36.7 Å². The highest BCUT2D eigenvalue weighted by molar-refractivity contribution is 5.75. The highest BCUT2D eigenvalue weighted by Gasteiger charge is 2.24. The number of hydrogen-bond acceptors (Lipinski definition) is 5. The topological polar surface area (TPSA) is 70.2 Å². The van der Waals surface area contributed by atoms with Crippen molar-refractivity contribution in [3.8, 4) is 0 Å². The van der Waals surface area contributed by atoms with Gasteiger partial charge < -0.3 is 15.5 Å². The van der Waals surface area contributed by atoms with E-state index in [0.29, 0.717) is 24.9 Å². The lowest BCUT2D eigenvalue weighted by molar-refractivity contribution is -0.121. The summed E-state index contributed by atoms with van der Waals surface area (Å²) in [4.78, 5) is 23.3. The summed E-state index contributed by atoms with van der Waals surface area (Å²) in [7, 11) is 0. The number of halogens is 1. The van der Waals surface area contributed by atoms with Crippen LogP contribution in [0.4, 0.5) is 16.0 Å². The zero-order chi connectivity index (χ0) is 20.1. The molecule has 1 unspecified atom stereocenters. The molecule has 1 amide bonds. The normalized spacial score (nSPS) is 19.1. The van der Waals surface area contributed by atoms with Gasteiger partial charge in [0.25, 0.3) is 0 Å². The standard InChI is InChI=1S/C22H28FN5O/c23-18-6-3-16(4-7-18)13-24-22(29)10-5-17-2-1-11-28(14-17)21-12-20(25-15-26-21)27-19-8-9-19/h3-4,6-7,12,15,17,19H,1-2,5,8-11,13-14H2,(H,24,29)(H,25,26,27). The van der Waals surface area contributed by atoms with Crippen LogP contribution in [0.2, 0.25) is 0 Å². The molecule has 1 aliphatic heterocycles. The number of amides is 1. The van der Waals surface area contributed by atoms with Crippen molar-refractivity contribution in [2.24, 2.45) is 5.92 Å². The minimum absolute atomic E-state index is 0.0457. The molecule has 2 N–H and O–H groups in total. The van der Waals surface area contributed by atoms with E-state index in [0.717, 1.165) is 49.6 Å². The van der Waals surface area contributed by atoms with E-state index in [4.69, 9.17) is 0 Å². The second kappa shape index (κ2) is 9.20. The summed E-state index contributed by atoms with van der Waals surface area (Å²) >= 11 is 0. The van der Waals surface area contributed by atoms with Gasteiger partial charge in [0.15, 0.2) is 0 Å². The lowest BCUT2D eigenvalue weighted by Gasteiger charge is -2.33. The van der Waals surface area contributed by atoms with Gasteiger partial charge in [-0.2, -0.15) is 0 Å². The average Bonchev–Trinajstić information content (AvgIpc) is 3.56. The SMILES string of the molecule is O=C(CCC1CCCN(c2cc(NC3CC3)ncn2)C1)NCc1ccc(F)cc1. The van der Waals surface area contributed by atoms with E-state index in [2.05, 4.69) is 25.5 Å². The van der Waals surface area contributed by atoms with Crippen molar-refractivity contribution in [1.82, 2.24) is 15.3 Å². The molecule has 7 heteroatoms. The summed E-state index contributed by atoms with van der Waals surface area (Å²) in [5.74, 6) is 2.13. The van der Waals surface area contributed by atoms with E-state index in [9.17, 15) is 9.18 Å². The van der Waals surface area contributed by atoms with Gasteiger partial charge in [-0.05, 0) is 55.7 Å². The Morgan fingerprint density at radius 2 is 2.00 bits per heavy atom. The van der Waals surface area contributed by atoms with Gasteiger partial charge in [-0.15, -0.1) is 0 Å². The Bertz CT molecular complexity index is 824. The third-order valence-corrected chi connectivity index (χ3v) is 5.61. The van der Waals surface area contributed by atoms with Crippen molar-refractivity contribution in [2.75, 3.05) is 23.3 Å². The Kier molecular flexibility index (Phi) is 6.22. The first kappa shape index (κ1) is 19.6. The van der Waals surface area contributed by atoms with Crippen molar-refractivity contribution in [3.05, 3.63) is 48.0 Å². The largest absolute Gasteiger partial charge is 0.367 e. The maximum atomic E-state index is 12.9. The molecule has 1 saturated carbocycles. The van der Waals surface area contributed by atoms with E-state index < -0.39 is 0 Å². The molecule has 6 nitrogen and oxygen atoms in total. The van der Waals surface area contributed by atoms with Gasteiger partial charge in [-0.1, -0.05) is 12.1 Å². The summed E-state index contributed by atoms with van der Waals surface area (Å²) < 4.78 is 12.9. The molecular formula is C22H28FN5O. The first-order valence-corrected chi connectivity index (χ1v) is 10.5. The Morgan fingerprint density at radius 3 is 2.79 bits per heavy atom. The average molecular weight is 397 g/mol. The van der Waals surface area contributed by atoms with Gasteiger partial charge in [0.2, 0.25) is 5.91 Å². The molecular weight excluding hydrogens is 369 g/mol. The smallest absolute Gasteiger partial charge is 0.220 e. The van der Waals surface area contributed by atoms with Crippen molar-refractivity contribution >= 4 is 17.5 Å². The maximum absolute atomic E-state index is 12.9. The Labute approximate surface area is 170 Å². The molecule has 1 atom stereocenters. The van der Waals surface area contributed by atoms with Crippen LogP contribution in [-0.2, 0) is 11.3 Å². The van der Waals surface area contributed by atoms with E-state index in [1.54, 1.807) is 18.5 Å². The zero-order valence-electron chi connectivity index (χ0n) is 16.6. The van der Waals surface area contributed by atoms with Crippen LogP contribution < -0.4 is 15.5 Å². The molecule has 1 saturated heterocycles. The minimum Gasteiger partial charge on any atom is -0.367 e. The fourth-order valence-corrected chi connectivity index (χ4v) is 3.77. The van der Waals surface area contributed by atoms with E-state index in [1.807, 2.05) is 6.07 Å². The number of aromatic nitrogens is 2. The van der Waals surface area contributed by atoms with Crippen molar-refractivity contribution in [3.63, 3.8) is 0 Å². The summed E-state index contributed by atoms with van der Waals surface area (Å²) in [6, 6.07) is 8.83. The fourth-order valence-electron chi connectivity index (χ4n) is 3.77. The molecule has 1 aromatic carbocycles. The van der Waals surface area contributed by atoms with Crippen LogP contribution in [-0.4, -0.2) is 35.0 Å². The van der Waals surface area contributed by atoms with Crippen LogP contribution in [0.25, 0.3) is 0 Å². The third kappa shape index (κ3) is 5.89. The third-order valence-electron chi connectivity index (χ3n) is 5.61. The highest BCUT2D eigenvalue weighted by Crippen LogP contribution is 2.27. The van der Waals surface area contributed by atoms with Gasteiger partial charge in [0.05, 0.1) is 0 Å². The number of nitrogens with zero attached hydrogens (tertiary/aromatic N) is 3. The molecule has 0 bridgehead atoms. The first-order valence-electron chi connectivity index (χ1n) is 10.5. The Balaban J connectivity index is 1.23. The number of benzene rings is 1. The molecule has 0 radical (unpaired) electrons. The molecule has 0 spiro atoms. The van der Waals surface area contributed by atoms with Crippen LogP contribution in [0.5, 0.6) is 0 Å².